The normalized spacial score (nSPS) is 16.2. The van der Waals surface area contributed by atoms with E-state index >= 15 is 0 Å². The van der Waals surface area contributed by atoms with Gasteiger partial charge in [0.05, 0.1) is 0 Å². The minimum Gasteiger partial charge on any atom is -0.335 e. The monoisotopic (exact) mass is 321 g/mol. The van der Waals surface area contributed by atoms with Gasteiger partial charge in [-0.1, -0.05) is 23.7 Å². The third kappa shape index (κ3) is 3.26. The fraction of sp³-hybridized carbons (Fsp3) is 0.333. The van der Waals surface area contributed by atoms with Crippen LogP contribution in [0.3, 0.4) is 0 Å². The molecular weight excluding hydrogens is 306 g/mol. The minimum atomic E-state index is 0.0210. The maximum atomic E-state index is 12.4. The molecule has 1 amide bonds. The van der Waals surface area contributed by atoms with Crippen molar-refractivity contribution in [1.82, 2.24) is 14.8 Å². The Labute approximate surface area is 133 Å². The van der Waals surface area contributed by atoms with Crippen LogP contribution in [0.25, 0.3) is 10.6 Å². The average Bonchev–Trinajstić information content (AvgIpc) is 2.97. The lowest BCUT2D eigenvalue weighted by Crippen LogP contribution is -2.47. The van der Waals surface area contributed by atoms with Crippen LogP contribution in [0.15, 0.2) is 29.6 Å². The van der Waals surface area contributed by atoms with Crippen LogP contribution >= 0.6 is 22.9 Å². The highest BCUT2D eigenvalue weighted by Gasteiger charge is 2.22. The number of carbonyl (C=O) groups excluding carboxylic acids is 1. The zero-order valence-electron chi connectivity index (χ0n) is 11.8. The molecule has 1 aliphatic rings. The summed E-state index contributed by atoms with van der Waals surface area (Å²) in [6.45, 7) is 3.35. The van der Waals surface area contributed by atoms with Crippen LogP contribution in [0.1, 0.15) is 10.5 Å². The molecule has 1 aromatic heterocycles. The second-order valence-corrected chi connectivity index (χ2v) is 6.44. The summed E-state index contributed by atoms with van der Waals surface area (Å²) in [5.74, 6) is 0.0210. The van der Waals surface area contributed by atoms with E-state index in [-0.39, 0.29) is 5.91 Å². The first-order valence-corrected chi connectivity index (χ1v) is 8.08. The van der Waals surface area contributed by atoms with Crippen molar-refractivity contribution < 1.29 is 4.79 Å². The number of hydrogen-bond acceptors (Lipinski definition) is 4. The average molecular weight is 322 g/mol. The Bertz CT molecular complexity index is 650. The number of likely N-dealkylation sites (N-methyl/N-ethyl adjacent to an activating group) is 1. The topological polar surface area (TPSA) is 36.4 Å². The van der Waals surface area contributed by atoms with E-state index in [4.69, 9.17) is 11.6 Å². The van der Waals surface area contributed by atoms with Crippen molar-refractivity contribution in [2.24, 2.45) is 0 Å². The Balaban J connectivity index is 1.77. The fourth-order valence-electron chi connectivity index (χ4n) is 2.30. The van der Waals surface area contributed by atoms with Crippen molar-refractivity contribution in [2.45, 2.75) is 0 Å². The number of hydrogen-bond donors (Lipinski definition) is 0. The summed E-state index contributed by atoms with van der Waals surface area (Å²) in [6.07, 6.45) is 0. The third-order valence-corrected chi connectivity index (χ3v) is 4.71. The van der Waals surface area contributed by atoms with Gasteiger partial charge in [-0.05, 0) is 19.2 Å². The van der Waals surface area contributed by atoms with Crippen molar-refractivity contribution in [3.63, 3.8) is 0 Å². The van der Waals surface area contributed by atoms with Crippen molar-refractivity contribution >= 4 is 28.8 Å². The van der Waals surface area contributed by atoms with Gasteiger partial charge in [-0.25, -0.2) is 4.98 Å². The molecule has 4 nitrogen and oxygen atoms in total. The highest BCUT2D eigenvalue weighted by atomic mass is 35.5. The van der Waals surface area contributed by atoms with E-state index in [2.05, 4.69) is 16.9 Å². The number of thiazole rings is 1. The molecule has 1 aromatic carbocycles. The molecule has 0 saturated carbocycles. The zero-order chi connectivity index (χ0) is 14.8. The van der Waals surface area contributed by atoms with Gasteiger partial charge in [-0.3, -0.25) is 4.79 Å². The fourth-order valence-corrected chi connectivity index (χ4v) is 3.28. The van der Waals surface area contributed by atoms with E-state index in [1.54, 1.807) is 0 Å². The van der Waals surface area contributed by atoms with Gasteiger partial charge in [0.1, 0.15) is 10.7 Å². The molecule has 3 rings (SSSR count). The number of amides is 1. The Morgan fingerprint density at radius 1 is 1.29 bits per heavy atom. The molecular formula is C15H16ClN3OS. The van der Waals surface area contributed by atoms with Gasteiger partial charge < -0.3 is 9.80 Å². The Morgan fingerprint density at radius 2 is 2.05 bits per heavy atom. The molecule has 1 fully saturated rings. The van der Waals surface area contributed by atoms with Crippen LogP contribution in [-0.4, -0.2) is 53.9 Å². The lowest BCUT2D eigenvalue weighted by atomic mass is 10.2. The second-order valence-electron chi connectivity index (χ2n) is 5.14. The van der Waals surface area contributed by atoms with E-state index in [1.165, 1.54) is 11.3 Å². The largest absolute Gasteiger partial charge is 0.335 e. The minimum absolute atomic E-state index is 0.0210. The Morgan fingerprint density at radius 3 is 2.76 bits per heavy atom. The summed E-state index contributed by atoms with van der Waals surface area (Å²) in [5.41, 5.74) is 1.48. The van der Waals surface area contributed by atoms with E-state index in [0.29, 0.717) is 10.7 Å². The summed E-state index contributed by atoms with van der Waals surface area (Å²) in [6, 6.07) is 7.54. The predicted octanol–water partition coefficient (Wildman–Crippen LogP) is 2.85. The molecule has 0 aliphatic carbocycles. The van der Waals surface area contributed by atoms with E-state index in [9.17, 15) is 4.79 Å². The SMILES string of the molecule is CN1CCN(C(=O)c2csc(-c3cccc(Cl)c3)n2)CC1. The molecule has 0 bridgehead atoms. The lowest BCUT2D eigenvalue weighted by molar-refractivity contribution is 0.0659. The summed E-state index contributed by atoms with van der Waals surface area (Å²) in [5, 5.41) is 3.33. The molecule has 21 heavy (non-hydrogen) atoms. The first kappa shape index (κ1) is 14.5. The van der Waals surface area contributed by atoms with Crippen LogP contribution in [-0.2, 0) is 0 Å². The van der Waals surface area contributed by atoms with Gasteiger partial charge in [-0.15, -0.1) is 11.3 Å². The van der Waals surface area contributed by atoms with E-state index in [0.717, 1.165) is 36.8 Å². The van der Waals surface area contributed by atoms with Crippen molar-refractivity contribution in [1.29, 1.82) is 0 Å². The molecule has 2 aromatic rings. The van der Waals surface area contributed by atoms with Gasteiger partial charge >= 0.3 is 0 Å². The number of nitrogens with zero attached hydrogens (tertiary/aromatic N) is 3. The first-order chi connectivity index (χ1) is 10.1. The van der Waals surface area contributed by atoms with Crippen LogP contribution in [0.4, 0.5) is 0 Å². The summed E-state index contributed by atoms with van der Waals surface area (Å²) in [4.78, 5) is 21.0. The van der Waals surface area contributed by atoms with Gasteiger partial charge in [-0.2, -0.15) is 0 Å². The molecule has 0 radical (unpaired) electrons. The number of benzene rings is 1. The Hall–Kier alpha value is -1.43. The highest BCUT2D eigenvalue weighted by Crippen LogP contribution is 2.26. The maximum Gasteiger partial charge on any atom is 0.273 e. The van der Waals surface area contributed by atoms with Gasteiger partial charge in [0.25, 0.3) is 5.91 Å². The second kappa shape index (κ2) is 6.13. The quantitative estimate of drug-likeness (QED) is 0.853. The highest BCUT2D eigenvalue weighted by molar-refractivity contribution is 7.13. The number of carbonyl (C=O) groups is 1. The molecule has 110 valence electrons. The van der Waals surface area contributed by atoms with Gasteiger partial charge in [0.2, 0.25) is 0 Å². The number of rotatable bonds is 2. The van der Waals surface area contributed by atoms with Crippen molar-refractivity contribution in [3.8, 4) is 10.6 Å². The molecule has 1 saturated heterocycles. The molecule has 0 N–H and O–H groups in total. The van der Waals surface area contributed by atoms with Crippen LogP contribution in [0.5, 0.6) is 0 Å². The lowest BCUT2D eigenvalue weighted by Gasteiger charge is -2.31. The number of halogens is 1. The zero-order valence-corrected chi connectivity index (χ0v) is 13.3. The standard InChI is InChI=1S/C15H16ClN3OS/c1-18-5-7-19(8-6-18)15(20)13-10-21-14(17-13)11-3-2-4-12(16)9-11/h2-4,9-10H,5-8H2,1H3. The molecule has 1 aliphatic heterocycles. The molecule has 0 atom stereocenters. The van der Waals surface area contributed by atoms with Gasteiger partial charge in [0, 0.05) is 42.1 Å². The van der Waals surface area contributed by atoms with E-state index in [1.807, 2.05) is 34.5 Å². The molecule has 2 heterocycles. The van der Waals surface area contributed by atoms with Crippen molar-refractivity contribution in [3.05, 3.63) is 40.4 Å². The number of piperazine rings is 1. The van der Waals surface area contributed by atoms with E-state index < -0.39 is 0 Å². The van der Waals surface area contributed by atoms with Crippen LogP contribution in [0.2, 0.25) is 5.02 Å². The summed E-state index contributed by atoms with van der Waals surface area (Å²) < 4.78 is 0. The van der Waals surface area contributed by atoms with Crippen molar-refractivity contribution in [2.75, 3.05) is 33.2 Å². The number of aromatic nitrogens is 1. The van der Waals surface area contributed by atoms with Crippen LogP contribution < -0.4 is 0 Å². The van der Waals surface area contributed by atoms with Gasteiger partial charge in [0.15, 0.2) is 0 Å². The first-order valence-electron chi connectivity index (χ1n) is 6.83. The molecule has 0 spiro atoms. The summed E-state index contributed by atoms with van der Waals surface area (Å²) >= 11 is 7.47. The predicted molar refractivity (Wildman–Crippen MR) is 86.0 cm³/mol. The Kier molecular flexibility index (Phi) is 4.24. The molecule has 6 heteroatoms. The third-order valence-electron chi connectivity index (χ3n) is 3.59. The van der Waals surface area contributed by atoms with Crippen LogP contribution in [0, 0.1) is 0 Å². The maximum absolute atomic E-state index is 12.4. The summed E-state index contributed by atoms with van der Waals surface area (Å²) in [7, 11) is 2.07. The smallest absolute Gasteiger partial charge is 0.273 e. The molecule has 0 unspecified atom stereocenters.